The molecule has 4 heterocycles. The van der Waals surface area contributed by atoms with E-state index in [-0.39, 0.29) is 0 Å². The molecule has 0 bridgehead atoms. The fourth-order valence-corrected chi connectivity index (χ4v) is 4.27. The van der Waals surface area contributed by atoms with E-state index < -0.39 is 0 Å². The molecule has 0 N–H and O–H groups in total. The van der Waals surface area contributed by atoms with Crippen LogP contribution in [0.3, 0.4) is 0 Å². The maximum Gasteiger partial charge on any atom is 0.136 e. The van der Waals surface area contributed by atoms with Crippen LogP contribution < -0.4 is 0 Å². The SMILES string of the molecule is Cc1ccsc1CN1CCC[C@H]1c1cccc2nccn12. The van der Waals surface area contributed by atoms with Gasteiger partial charge in [-0.05, 0) is 55.5 Å². The Balaban J connectivity index is 1.67. The van der Waals surface area contributed by atoms with Crippen molar-refractivity contribution in [2.24, 2.45) is 0 Å². The van der Waals surface area contributed by atoms with Crippen LogP contribution in [0.25, 0.3) is 5.65 Å². The highest BCUT2D eigenvalue weighted by molar-refractivity contribution is 7.10. The van der Waals surface area contributed by atoms with E-state index in [1.165, 1.54) is 35.5 Å². The van der Waals surface area contributed by atoms with Crippen molar-refractivity contribution in [2.75, 3.05) is 6.54 Å². The summed E-state index contributed by atoms with van der Waals surface area (Å²) in [7, 11) is 0. The molecule has 1 saturated heterocycles. The van der Waals surface area contributed by atoms with Gasteiger partial charge in [-0.25, -0.2) is 4.98 Å². The third-order valence-corrected chi connectivity index (χ3v) is 5.49. The molecule has 1 aliphatic rings. The first kappa shape index (κ1) is 13.0. The number of hydrogen-bond donors (Lipinski definition) is 0. The van der Waals surface area contributed by atoms with Gasteiger partial charge >= 0.3 is 0 Å². The quantitative estimate of drug-likeness (QED) is 0.727. The lowest BCUT2D eigenvalue weighted by Gasteiger charge is -2.25. The number of thiophene rings is 1. The van der Waals surface area contributed by atoms with Crippen LogP contribution in [0, 0.1) is 6.92 Å². The van der Waals surface area contributed by atoms with Crippen LogP contribution >= 0.6 is 11.3 Å². The molecule has 0 saturated carbocycles. The van der Waals surface area contributed by atoms with Crippen molar-refractivity contribution in [3.63, 3.8) is 0 Å². The maximum atomic E-state index is 4.41. The van der Waals surface area contributed by atoms with Gasteiger partial charge in [0.05, 0.1) is 6.04 Å². The van der Waals surface area contributed by atoms with Crippen molar-refractivity contribution >= 4 is 17.0 Å². The van der Waals surface area contributed by atoms with E-state index >= 15 is 0 Å². The highest BCUT2D eigenvalue weighted by Gasteiger charge is 2.28. The summed E-state index contributed by atoms with van der Waals surface area (Å²) >= 11 is 1.88. The van der Waals surface area contributed by atoms with E-state index in [2.05, 4.69) is 57.1 Å². The molecule has 0 amide bonds. The van der Waals surface area contributed by atoms with Gasteiger partial charge in [0.2, 0.25) is 0 Å². The minimum atomic E-state index is 0.504. The molecule has 108 valence electrons. The first-order valence-corrected chi connectivity index (χ1v) is 8.40. The number of rotatable bonds is 3. The lowest BCUT2D eigenvalue weighted by molar-refractivity contribution is 0.245. The van der Waals surface area contributed by atoms with Gasteiger partial charge in [-0.3, -0.25) is 4.90 Å². The average Bonchev–Trinajstić information content (AvgIpc) is 3.21. The third kappa shape index (κ3) is 2.28. The van der Waals surface area contributed by atoms with Gasteiger partial charge in [-0.15, -0.1) is 11.3 Å². The van der Waals surface area contributed by atoms with Crippen LogP contribution in [0.2, 0.25) is 0 Å². The van der Waals surface area contributed by atoms with Crippen molar-refractivity contribution in [1.82, 2.24) is 14.3 Å². The number of likely N-dealkylation sites (tertiary alicyclic amines) is 1. The van der Waals surface area contributed by atoms with Crippen molar-refractivity contribution in [1.29, 1.82) is 0 Å². The molecular weight excluding hydrogens is 278 g/mol. The average molecular weight is 297 g/mol. The van der Waals surface area contributed by atoms with Crippen LogP contribution in [-0.4, -0.2) is 20.8 Å². The molecule has 1 fully saturated rings. The Morgan fingerprint density at radius 1 is 1.33 bits per heavy atom. The van der Waals surface area contributed by atoms with E-state index in [1.807, 2.05) is 17.5 Å². The number of imidazole rings is 1. The second-order valence-corrected chi connectivity index (χ2v) is 6.76. The first-order chi connectivity index (χ1) is 10.3. The number of hydrogen-bond acceptors (Lipinski definition) is 3. The predicted octanol–water partition coefficient (Wildman–Crippen LogP) is 4.04. The molecule has 1 aliphatic heterocycles. The Kier molecular flexibility index (Phi) is 3.28. The fourth-order valence-electron chi connectivity index (χ4n) is 3.34. The van der Waals surface area contributed by atoms with Crippen molar-refractivity contribution in [3.8, 4) is 0 Å². The molecule has 3 aromatic rings. The normalized spacial score (nSPS) is 19.6. The molecular formula is C17H19N3S. The Labute approximate surface area is 128 Å². The van der Waals surface area contributed by atoms with E-state index in [0.29, 0.717) is 6.04 Å². The standard InChI is InChI=1S/C17H19N3S/c1-13-7-11-21-16(13)12-19-9-3-5-14(19)15-4-2-6-17-18-8-10-20(15)17/h2,4,6-8,10-11,14H,3,5,9,12H2,1H3/t14-/m0/s1. The molecule has 21 heavy (non-hydrogen) atoms. The van der Waals surface area contributed by atoms with Crippen LogP contribution in [0.1, 0.15) is 35.0 Å². The lowest BCUT2D eigenvalue weighted by Crippen LogP contribution is -2.24. The Hall–Kier alpha value is -1.65. The molecule has 0 aliphatic carbocycles. The zero-order chi connectivity index (χ0) is 14.2. The third-order valence-electron chi connectivity index (χ3n) is 4.48. The molecule has 4 rings (SSSR count). The summed E-state index contributed by atoms with van der Waals surface area (Å²) in [6.45, 7) is 4.47. The first-order valence-electron chi connectivity index (χ1n) is 7.52. The van der Waals surface area contributed by atoms with Gasteiger partial charge in [0.25, 0.3) is 0 Å². The van der Waals surface area contributed by atoms with Crippen molar-refractivity contribution < 1.29 is 0 Å². The molecule has 0 unspecified atom stereocenters. The molecule has 4 heteroatoms. The smallest absolute Gasteiger partial charge is 0.136 e. The second-order valence-electron chi connectivity index (χ2n) is 5.76. The van der Waals surface area contributed by atoms with Gasteiger partial charge in [0.1, 0.15) is 5.65 Å². The van der Waals surface area contributed by atoms with E-state index in [1.54, 1.807) is 0 Å². The summed E-state index contributed by atoms with van der Waals surface area (Å²) in [4.78, 5) is 8.53. The molecule has 1 atom stereocenters. The summed E-state index contributed by atoms with van der Waals surface area (Å²) in [6.07, 6.45) is 6.49. The van der Waals surface area contributed by atoms with Crippen LogP contribution in [0.5, 0.6) is 0 Å². The molecule has 3 aromatic heterocycles. The Morgan fingerprint density at radius 2 is 2.29 bits per heavy atom. The van der Waals surface area contributed by atoms with Crippen LogP contribution in [0.4, 0.5) is 0 Å². The topological polar surface area (TPSA) is 20.5 Å². The largest absolute Gasteiger partial charge is 0.302 e. The number of pyridine rings is 1. The molecule has 0 radical (unpaired) electrons. The minimum Gasteiger partial charge on any atom is -0.302 e. The monoisotopic (exact) mass is 297 g/mol. The Bertz CT molecular complexity index is 758. The molecule has 3 nitrogen and oxygen atoms in total. The van der Waals surface area contributed by atoms with Gasteiger partial charge in [-0.2, -0.15) is 0 Å². The molecule has 0 spiro atoms. The number of nitrogens with zero attached hydrogens (tertiary/aromatic N) is 3. The summed E-state index contributed by atoms with van der Waals surface area (Å²) in [6, 6.07) is 9.18. The van der Waals surface area contributed by atoms with Crippen LogP contribution in [-0.2, 0) is 6.54 Å². The lowest BCUT2D eigenvalue weighted by atomic mass is 10.1. The van der Waals surface area contributed by atoms with Crippen LogP contribution in [0.15, 0.2) is 42.0 Å². The van der Waals surface area contributed by atoms with Crippen molar-refractivity contribution in [3.05, 3.63) is 58.2 Å². The van der Waals surface area contributed by atoms with Gasteiger partial charge in [0, 0.05) is 29.5 Å². The highest BCUT2D eigenvalue weighted by atomic mass is 32.1. The number of aromatic nitrogens is 2. The highest BCUT2D eigenvalue weighted by Crippen LogP contribution is 2.34. The maximum absolute atomic E-state index is 4.41. The summed E-state index contributed by atoms with van der Waals surface area (Å²) in [5, 5.41) is 2.20. The number of fused-ring (bicyclic) bond motifs is 1. The predicted molar refractivity (Wildman–Crippen MR) is 86.6 cm³/mol. The zero-order valence-corrected chi connectivity index (χ0v) is 13.0. The van der Waals surface area contributed by atoms with E-state index in [0.717, 1.165) is 12.2 Å². The number of aryl methyl sites for hydroxylation is 1. The second kappa shape index (κ2) is 5.28. The minimum absolute atomic E-state index is 0.504. The molecule has 0 aromatic carbocycles. The van der Waals surface area contributed by atoms with E-state index in [4.69, 9.17) is 0 Å². The van der Waals surface area contributed by atoms with E-state index in [9.17, 15) is 0 Å². The van der Waals surface area contributed by atoms with Gasteiger partial charge in [-0.1, -0.05) is 6.07 Å². The van der Waals surface area contributed by atoms with Gasteiger partial charge < -0.3 is 4.40 Å². The van der Waals surface area contributed by atoms with Crippen molar-refractivity contribution in [2.45, 2.75) is 32.4 Å². The summed E-state index contributed by atoms with van der Waals surface area (Å²) < 4.78 is 2.24. The van der Waals surface area contributed by atoms with Gasteiger partial charge in [0.15, 0.2) is 0 Å². The summed E-state index contributed by atoms with van der Waals surface area (Å²) in [5.74, 6) is 0. The Morgan fingerprint density at radius 3 is 3.14 bits per heavy atom. The zero-order valence-electron chi connectivity index (χ0n) is 12.2. The fraction of sp³-hybridized carbons (Fsp3) is 0.353. The summed E-state index contributed by atoms with van der Waals surface area (Å²) in [5.41, 5.74) is 3.84.